The summed E-state index contributed by atoms with van der Waals surface area (Å²) in [5.41, 5.74) is 2.11. The lowest BCUT2D eigenvalue weighted by Gasteiger charge is -2.02. The minimum Gasteiger partial charge on any atom is -0.264 e. The predicted molar refractivity (Wildman–Crippen MR) is 61.8 cm³/mol. The predicted octanol–water partition coefficient (Wildman–Crippen LogP) is 3.09. The molecule has 2 aromatic heterocycles. The van der Waals surface area contributed by atoms with Crippen LogP contribution in [0.15, 0.2) is 42.7 Å². The Morgan fingerprint density at radius 3 is 2.67 bits per heavy atom. The topological polar surface area (TPSA) is 25.8 Å². The van der Waals surface area contributed by atoms with E-state index in [1.165, 1.54) is 10.8 Å². The molecule has 0 aliphatic carbocycles. The quantitative estimate of drug-likeness (QED) is 0.514. The summed E-state index contributed by atoms with van der Waals surface area (Å²) in [5.74, 6) is 0. The van der Waals surface area contributed by atoms with Gasteiger partial charge in [0.15, 0.2) is 0 Å². The second-order valence-electron chi connectivity index (χ2n) is 3.69. The van der Waals surface area contributed by atoms with Gasteiger partial charge in [0.2, 0.25) is 0 Å². The maximum absolute atomic E-state index is 4.58. The molecule has 0 radical (unpaired) electrons. The summed E-state index contributed by atoms with van der Waals surface area (Å²) in [4.78, 5) is 8.69. The zero-order chi connectivity index (χ0) is 10.3. The molecule has 3 rings (SSSR count). The highest BCUT2D eigenvalue weighted by Crippen LogP contribution is 2.22. The van der Waals surface area contributed by atoms with E-state index in [0.29, 0.717) is 0 Å². The molecule has 0 fully saturated rings. The van der Waals surface area contributed by atoms with Crippen LogP contribution in [0.3, 0.4) is 0 Å². The zero-order valence-electron chi connectivity index (χ0n) is 8.44. The second-order valence-corrected chi connectivity index (χ2v) is 3.69. The number of rotatable bonds is 0. The number of aryl methyl sites for hydroxylation is 1. The fourth-order valence-corrected chi connectivity index (χ4v) is 1.85. The molecule has 0 unspecified atom stereocenters. The van der Waals surface area contributed by atoms with Crippen LogP contribution in [0.1, 0.15) is 5.69 Å². The lowest BCUT2D eigenvalue weighted by molar-refractivity contribution is 1.26. The highest BCUT2D eigenvalue weighted by molar-refractivity contribution is 6.04. The number of aromatic nitrogens is 2. The number of benzene rings is 1. The van der Waals surface area contributed by atoms with Gasteiger partial charge in [-0.15, -0.1) is 0 Å². The number of hydrogen-bond donors (Lipinski definition) is 0. The highest BCUT2D eigenvalue weighted by atomic mass is 14.7. The van der Waals surface area contributed by atoms with Crippen molar-refractivity contribution in [1.82, 2.24) is 9.97 Å². The monoisotopic (exact) mass is 194 g/mol. The number of pyridine rings is 2. The molecule has 2 nitrogen and oxygen atoms in total. The minimum atomic E-state index is 1.05. The molecular formula is C13H10N2. The van der Waals surface area contributed by atoms with Gasteiger partial charge in [0.05, 0.1) is 5.52 Å². The molecule has 0 bridgehead atoms. The van der Waals surface area contributed by atoms with Gasteiger partial charge in [-0.3, -0.25) is 9.97 Å². The fourth-order valence-electron chi connectivity index (χ4n) is 1.85. The van der Waals surface area contributed by atoms with Gasteiger partial charge in [0, 0.05) is 34.2 Å². The van der Waals surface area contributed by atoms with E-state index in [1.54, 1.807) is 0 Å². The van der Waals surface area contributed by atoms with Gasteiger partial charge < -0.3 is 0 Å². The summed E-state index contributed by atoms with van der Waals surface area (Å²) >= 11 is 0. The van der Waals surface area contributed by atoms with Crippen LogP contribution in [-0.4, -0.2) is 9.97 Å². The van der Waals surface area contributed by atoms with E-state index in [1.807, 2.05) is 31.5 Å². The first-order valence-electron chi connectivity index (χ1n) is 4.95. The van der Waals surface area contributed by atoms with Gasteiger partial charge in [-0.05, 0) is 19.1 Å². The summed E-state index contributed by atoms with van der Waals surface area (Å²) in [6.07, 6.45) is 3.69. The molecule has 72 valence electrons. The van der Waals surface area contributed by atoms with Crippen molar-refractivity contribution >= 4 is 21.7 Å². The zero-order valence-corrected chi connectivity index (χ0v) is 8.44. The SMILES string of the molecule is Cc1ccc2ccc3cnccc3c2n1. The van der Waals surface area contributed by atoms with E-state index in [4.69, 9.17) is 0 Å². The number of hydrogen-bond acceptors (Lipinski definition) is 2. The standard InChI is InChI=1S/C13H10N2/c1-9-2-3-10-4-5-11-8-14-7-6-12(11)13(10)15-9/h2-8H,1H3. The Morgan fingerprint density at radius 1 is 0.933 bits per heavy atom. The maximum atomic E-state index is 4.58. The first-order valence-corrected chi connectivity index (χ1v) is 4.95. The van der Waals surface area contributed by atoms with E-state index in [0.717, 1.165) is 16.6 Å². The molecule has 15 heavy (non-hydrogen) atoms. The first kappa shape index (κ1) is 8.36. The van der Waals surface area contributed by atoms with Gasteiger partial charge in [-0.2, -0.15) is 0 Å². The van der Waals surface area contributed by atoms with E-state index >= 15 is 0 Å². The van der Waals surface area contributed by atoms with Gasteiger partial charge >= 0.3 is 0 Å². The molecule has 0 aliphatic rings. The number of fused-ring (bicyclic) bond motifs is 3. The second kappa shape index (κ2) is 3.02. The Bertz CT molecular complexity index is 644. The van der Waals surface area contributed by atoms with Crippen LogP contribution in [-0.2, 0) is 0 Å². The Labute approximate surface area is 87.6 Å². The summed E-state index contributed by atoms with van der Waals surface area (Å²) in [6, 6.07) is 10.3. The van der Waals surface area contributed by atoms with Gasteiger partial charge in [0.1, 0.15) is 0 Å². The van der Waals surface area contributed by atoms with Crippen molar-refractivity contribution in [3.05, 3.63) is 48.4 Å². The molecule has 0 atom stereocenters. The van der Waals surface area contributed by atoms with E-state index in [2.05, 4.69) is 28.2 Å². The van der Waals surface area contributed by atoms with Crippen LogP contribution in [0.2, 0.25) is 0 Å². The van der Waals surface area contributed by atoms with Crippen molar-refractivity contribution in [3.63, 3.8) is 0 Å². The Kier molecular flexibility index (Phi) is 1.68. The largest absolute Gasteiger partial charge is 0.264 e. The van der Waals surface area contributed by atoms with E-state index in [9.17, 15) is 0 Å². The molecule has 0 saturated carbocycles. The Morgan fingerprint density at radius 2 is 1.73 bits per heavy atom. The third-order valence-corrected chi connectivity index (χ3v) is 2.62. The fraction of sp³-hybridized carbons (Fsp3) is 0.0769. The highest BCUT2D eigenvalue weighted by Gasteiger charge is 2.01. The average Bonchev–Trinajstić information content (AvgIpc) is 2.29. The molecule has 0 saturated heterocycles. The molecule has 0 spiro atoms. The van der Waals surface area contributed by atoms with Crippen LogP contribution in [0.4, 0.5) is 0 Å². The van der Waals surface area contributed by atoms with E-state index < -0.39 is 0 Å². The third-order valence-electron chi connectivity index (χ3n) is 2.62. The molecule has 1 aromatic carbocycles. The molecule has 0 amide bonds. The van der Waals surface area contributed by atoms with Crippen molar-refractivity contribution in [3.8, 4) is 0 Å². The van der Waals surface area contributed by atoms with Crippen LogP contribution in [0, 0.1) is 6.92 Å². The van der Waals surface area contributed by atoms with Crippen molar-refractivity contribution < 1.29 is 0 Å². The normalized spacial score (nSPS) is 11.0. The van der Waals surface area contributed by atoms with Crippen molar-refractivity contribution in [2.45, 2.75) is 6.92 Å². The average molecular weight is 194 g/mol. The third kappa shape index (κ3) is 1.26. The molecule has 2 heterocycles. The van der Waals surface area contributed by atoms with Gasteiger partial charge in [-0.1, -0.05) is 18.2 Å². The smallest absolute Gasteiger partial charge is 0.0784 e. The van der Waals surface area contributed by atoms with Crippen LogP contribution >= 0.6 is 0 Å². The van der Waals surface area contributed by atoms with Crippen LogP contribution in [0.25, 0.3) is 21.7 Å². The van der Waals surface area contributed by atoms with Crippen LogP contribution < -0.4 is 0 Å². The Balaban J connectivity index is 2.57. The van der Waals surface area contributed by atoms with Gasteiger partial charge in [-0.25, -0.2) is 0 Å². The van der Waals surface area contributed by atoms with E-state index in [-0.39, 0.29) is 0 Å². The maximum Gasteiger partial charge on any atom is 0.0784 e. The minimum absolute atomic E-state index is 1.05. The van der Waals surface area contributed by atoms with Crippen molar-refractivity contribution in [1.29, 1.82) is 0 Å². The van der Waals surface area contributed by atoms with Gasteiger partial charge in [0.25, 0.3) is 0 Å². The first-order chi connectivity index (χ1) is 7.34. The number of nitrogens with zero attached hydrogens (tertiary/aromatic N) is 2. The summed E-state index contributed by atoms with van der Waals surface area (Å²) in [6.45, 7) is 2.01. The molecule has 2 heteroatoms. The Hall–Kier alpha value is -1.96. The molecule has 3 aromatic rings. The molecule has 0 aliphatic heterocycles. The lowest BCUT2D eigenvalue weighted by atomic mass is 10.1. The lowest BCUT2D eigenvalue weighted by Crippen LogP contribution is -1.85. The summed E-state index contributed by atoms with van der Waals surface area (Å²) in [5, 5.41) is 3.49. The molecule has 0 N–H and O–H groups in total. The van der Waals surface area contributed by atoms with Crippen molar-refractivity contribution in [2.24, 2.45) is 0 Å². The van der Waals surface area contributed by atoms with Crippen molar-refractivity contribution in [2.75, 3.05) is 0 Å². The summed E-state index contributed by atoms with van der Waals surface area (Å²) in [7, 11) is 0. The summed E-state index contributed by atoms with van der Waals surface area (Å²) < 4.78 is 0. The van der Waals surface area contributed by atoms with Crippen LogP contribution in [0.5, 0.6) is 0 Å². The molecular weight excluding hydrogens is 184 g/mol.